The highest BCUT2D eigenvalue weighted by atomic mass is 32.2. The summed E-state index contributed by atoms with van der Waals surface area (Å²) in [5, 5.41) is 0. The van der Waals surface area contributed by atoms with Crippen molar-refractivity contribution in [3.05, 3.63) is 71.4 Å². The number of pyridine rings is 1. The van der Waals surface area contributed by atoms with Crippen molar-refractivity contribution in [3.8, 4) is 0 Å². The van der Waals surface area contributed by atoms with Crippen molar-refractivity contribution in [2.24, 2.45) is 0 Å². The molecule has 0 saturated carbocycles. The Morgan fingerprint density at radius 2 is 1.78 bits per heavy atom. The molecule has 0 spiro atoms. The molecule has 3 aromatic rings. The third-order valence-corrected chi connectivity index (χ3v) is 7.33. The fraction of sp³-hybridized carbons (Fsp3) is 0.261. The van der Waals surface area contributed by atoms with Gasteiger partial charge in [0.15, 0.2) is 9.79 Å². The largest absolute Gasteiger partial charge is 0.606 e. The number of hydrogen-bond donors (Lipinski definition) is 0. The van der Waals surface area contributed by atoms with Gasteiger partial charge in [-0.25, -0.2) is 4.98 Å². The smallest absolute Gasteiger partial charge is 0.182 e. The molecule has 3 heterocycles. The summed E-state index contributed by atoms with van der Waals surface area (Å²) in [4.78, 5) is 8.73. The molecule has 136 valence electrons. The van der Waals surface area contributed by atoms with E-state index in [1.807, 2.05) is 30.5 Å². The zero-order valence-corrected chi connectivity index (χ0v) is 16.8. The Balaban J connectivity index is 1.89. The van der Waals surface area contributed by atoms with Crippen LogP contribution in [0.15, 0.2) is 64.5 Å². The van der Waals surface area contributed by atoms with Crippen molar-refractivity contribution in [3.63, 3.8) is 0 Å². The normalized spacial score (nSPS) is 18.7. The lowest BCUT2D eigenvalue weighted by atomic mass is 9.74. The van der Waals surface area contributed by atoms with Crippen LogP contribution in [0.5, 0.6) is 0 Å². The van der Waals surface area contributed by atoms with Gasteiger partial charge in [0, 0.05) is 28.4 Å². The summed E-state index contributed by atoms with van der Waals surface area (Å²) in [6, 6.07) is 16.7. The maximum atomic E-state index is 13.4. The van der Waals surface area contributed by atoms with Gasteiger partial charge >= 0.3 is 0 Å². The van der Waals surface area contributed by atoms with Gasteiger partial charge in [-0.15, -0.1) is 0 Å². The van der Waals surface area contributed by atoms with Gasteiger partial charge in [-0.1, -0.05) is 52.0 Å². The summed E-state index contributed by atoms with van der Waals surface area (Å²) >= 11 is -1.19. The second-order valence-electron chi connectivity index (χ2n) is 8.14. The van der Waals surface area contributed by atoms with E-state index in [-0.39, 0.29) is 5.41 Å². The number of hydrogen-bond acceptors (Lipinski definition) is 3. The highest BCUT2D eigenvalue weighted by Gasteiger charge is 2.45. The van der Waals surface area contributed by atoms with E-state index in [0.717, 1.165) is 27.0 Å². The minimum Gasteiger partial charge on any atom is -0.606 e. The van der Waals surface area contributed by atoms with Crippen molar-refractivity contribution in [1.82, 2.24) is 4.98 Å². The molecule has 27 heavy (non-hydrogen) atoms. The standard InChI is InChI=1S/C23H22N2OS/c1-14(2)15-10-11-19-18(13-15)25-21-16(7-5-9-20(21)27(19)26)23(3,4)17-8-6-12-24-22(17)25/h5-14H,1-4H3. The maximum absolute atomic E-state index is 13.4. The third-order valence-electron chi connectivity index (χ3n) is 5.86. The predicted octanol–water partition coefficient (Wildman–Crippen LogP) is 5.79. The van der Waals surface area contributed by atoms with Crippen LogP contribution >= 0.6 is 0 Å². The van der Waals surface area contributed by atoms with Gasteiger partial charge in [0.2, 0.25) is 0 Å². The minimum absolute atomic E-state index is 0.192. The van der Waals surface area contributed by atoms with Crippen LogP contribution in [0.1, 0.15) is 50.3 Å². The van der Waals surface area contributed by atoms with E-state index >= 15 is 0 Å². The Hall–Kier alpha value is -2.30. The van der Waals surface area contributed by atoms with Crippen LogP contribution in [0, 0.1) is 0 Å². The Morgan fingerprint density at radius 1 is 1.00 bits per heavy atom. The second kappa shape index (κ2) is 5.60. The number of fused-ring (bicyclic) bond motifs is 4. The van der Waals surface area contributed by atoms with E-state index in [1.165, 1.54) is 16.7 Å². The van der Waals surface area contributed by atoms with E-state index < -0.39 is 11.2 Å². The molecule has 1 atom stereocenters. The van der Waals surface area contributed by atoms with E-state index in [0.29, 0.717) is 5.92 Å². The zero-order valence-electron chi connectivity index (χ0n) is 16.0. The molecule has 0 saturated heterocycles. The molecule has 0 bridgehead atoms. The first-order valence-electron chi connectivity index (χ1n) is 9.36. The van der Waals surface area contributed by atoms with Gasteiger partial charge in [0.25, 0.3) is 0 Å². The minimum atomic E-state index is -1.19. The monoisotopic (exact) mass is 374 g/mol. The fourth-order valence-corrected chi connectivity index (χ4v) is 5.65. The summed E-state index contributed by atoms with van der Waals surface area (Å²) in [5.41, 5.74) is 5.49. The third kappa shape index (κ3) is 2.17. The number of rotatable bonds is 1. The molecule has 2 aliphatic rings. The van der Waals surface area contributed by atoms with Crippen LogP contribution in [0.25, 0.3) is 0 Å². The molecule has 1 unspecified atom stereocenters. The van der Waals surface area contributed by atoms with Crippen LogP contribution in [0.2, 0.25) is 0 Å². The summed E-state index contributed by atoms with van der Waals surface area (Å²) in [6.45, 7) is 8.83. The first kappa shape index (κ1) is 16.8. The number of benzene rings is 2. The first-order valence-corrected chi connectivity index (χ1v) is 10.5. The summed E-state index contributed by atoms with van der Waals surface area (Å²) < 4.78 is 13.4. The van der Waals surface area contributed by atoms with Gasteiger partial charge in [-0.3, -0.25) is 4.90 Å². The molecule has 2 aliphatic heterocycles. The topological polar surface area (TPSA) is 39.2 Å². The molecule has 0 aliphatic carbocycles. The molecule has 1 aromatic heterocycles. The van der Waals surface area contributed by atoms with Crippen molar-refractivity contribution < 1.29 is 4.55 Å². The molecular weight excluding hydrogens is 352 g/mol. The van der Waals surface area contributed by atoms with Crippen LogP contribution in [-0.4, -0.2) is 9.54 Å². The molecule has 3 nitrogen and oxygen atoms in total. The summed E-state index contributed by atoms with van der Waals surface area (Å²) in [7, 11) is 0. The molecule has 0 N–H and O–H groups in total. The Kier molecular flexibility index (Phi) is 3.49. The maximum Gasteiger partial charge on any atom is 0.182 e. The second-order valence-corrected chi connectivity index (χ2v) is 9.55. The predicted molar refractivity (Wildman–Crippen MR) is 110 cm³/mol. The van der Waals surface area contributed by atoms with Gasteiger partial charge < -0.3 is 4.55 Å². The Morgan fingerprint density at radius 3 is 2.56 bits per heavy atom. The van der Waals surface area contributed by atoms with E-state index in [1.54, 1.807) is 0 Å². The number of anilines is 3. The lowest BCUT2D eigenvalue weighted by Gasteiger charge is -2.43. The average Bonchev–Trinajstić information content (AvgIpc) is 2.67. The lowest BCUT2D eigenvalue weighted by molar-refractivity contribution is 0.588. The van der Waals surface area contributed by atoms with Gasteiger partial charge in [0.1, 0.15) is 17.2 Å². The highest BCUT2D eigenvalue weighted by molar-refractivity contribution is 7.92. The van der Waals surface area contributed by atoms with Crippen molar-refractivity contribution in [1.29, 1.82) is 0 Å². The molecule has 5 rings (SSSR count). The van der Waals surface area contributed by atoms with E-state index in [2.05, 4.69) is 56.9 Å². The number of nitrogens with zero attached hydrogens (tertiary/aromatic N) is 2. The highest BCUT2D eigenvalue weighted by Crippen LogP contribution is 2.57. The molecule has 0 fully saturated rings. The Labute approximate surface area is 163 Å². The Bertz CT molecular complexity index is 1070. The van der Waals surface area contributed by atoms with Crippen LogP contribution in [0.3, 0.4) is 0 Å². The SMILES string of the molecule is CC(C)c1ccc2c(c1)N1c3ncccc3C(C)(C)c3cccc(c31)[S+]2[O-]. The van der Waals surface area contributed by atoms with Crippen LogP contribution in [0.4, 0.5) is 17.2 Å². The first-order chi connectivity index (χ1) is 12.9. The zero-order chi connectivity index (χ0) is 18.9. The molecule has 0 amide bonds. The molecule has 4 heteroatoms. The van der Waals surface area contributed by atoms with Crippen LogP contribution in [-0.2, 0) is 16.6 Å². The van der Waals surface area contributed by atoms with Gasteiger partial charge in [0.05, 0.1) is 0 Å². The summed E-state index contributed by atoms with van der Waals surface area (Å²) in [5.74, 6) is 1.35. The fourth-order valence-electron chi connectivity index (χ4n) is 4.30. The molecule has 0 radical (unpaired) electrons. The van der Waals surface area contributed by atoms with Gasteiger partial charge in [-0.05, 0) is 41.3 Å². The quantitative estimate of drug-likeness (QED) is 0.506. The van der Waals surface area contributed by atoms with E-state index in [4.69, 9.17) is 4.98 Å². The van der Waals surface area contributed by atoms with Crippen molar-refractivity contribution in [2.75, 3.05) is 4.90 Å². The van der Waals surface area contributed by atoms with E-state index in [9.17, 15) is 4.55 Å². The average molecular weight is 375 g/mol. The van der Waals surface area contributed by atoms with Crippen molar-refractivity contribution >= 4 is 28.4 Å². The van der Waals surface area contributed by atoms with Gasteiger partial charge in [-0.2, -0.15) is 0 Å². The summed E-state index contributed by atoms with van der Waals surface area (Å²) in [6.07, 6.45) is 1.85. The van der Waals surface area contributed by atoms with Crippen LogP contribution < -0.4 is 4.90 Å². The van der Waals surface area contributed by atoms with Crippen molar-refractivity contribution in [2.45, 2.75) is 48.8 Å². The lowest BCUT2D eigenvalue weighted by Crippen LogP contribution is -2.35. The number of para-hydroxylation sites is 1. The molecule has 2 aromatic carbocycles. The number of aromatic nitrogens is 1. The molecular formula is C23H22N2OS.